The van der Waals surface area contributed by atoms with Gasteiger partial charge in [0.05, 0.1) is 5.71 Å². The van der Waals surface area contributed by atoms with Gasteiger partial charge in [-0.25, -0.2) is 5.43 Å². The van der Waals surface area contributed by atoms with E-state index in [0.29, 0.717) is 6.42 Å². The summed E-state index contributed by atoms with van der Waals surface area (Å²) in [6, 6.07) is 7.84. The van der Waals surface area contributed by atoms with Crippen LogP contribution in [-0.2, 0) is 4.79 Å². The molecule has 0 radical (unpaired) electrons. The monoisotopic (exact) mass is 246 g/mol. The Bertz CT molecular complexity index is 494. The molecule has 1 amide bonds. The van der Waals surface area contributed by atoms with Gasteiger partial charge < -0.3 is 0 Å². The largest absolute Gasteiger partial charge is 0.273 e. The van der Waals surface area contributed by atoms with E-state index in [0.717, 1.165) is 16.2 Å². The smallest absolute Gasteiger partial charge is 0.240 e. The van der Waals surface area contributed by atoms with Gasteiger partial charge in [0.25, 0.3) is 0 Å². The Labute approximate surface area is 106 Å². The van der Waals surface area contributed by atoms with Crippen molar-refractivity contribution in [3.63, 3.8) is 0 Å². The number of amides is 1. The molecule has 1 aromatic carbocycles. The number of hydrogen-bond acceptors (Lipinski definition) is 3. The number of rotatable bonds is 2. The third kappa shape index (κ3) is 2.97. The molecule has 1 N–H and O–H groups in total. The lowest BCUT2D eigenvalue weighted by Crippen LogP contribution is -2.30. The van der Waals surface area contributed by atoms with Gasteiger partial charge in [0.1, 0.15) is 0 Å². The Kier molecular flexibility index (Phi) is 3.64. The first-order chi connectivity index (χ1) is 8.16. The molecule has 0 aliphatic carbocycles. The first-order valence-electron chi connectivity index (χ1n) is 5.49. The number of nitrogens with one attached hydrogen (secondary N) is 1. The van der Waals surface area contributed by atoms with E-state index in [1.807, 2.05) is 43.3 Å². The lowest BCUT2D eigenvalue weighted by atomic mass is 9.99. The van der Waals surface area contributed by atoms with Crippen LogP contribution in [0.15, 0.2) is 40.3 Å². The molecule has 2 rings (SSSR count). The van der Waals surface area contributed by atoms with Gasteiger partial charge >= 0.3 is 0 Å². The van der Waals surface area contributed by atoms with Crippen molar-refractivity contribution in [1.29, 1.82) is 0 Å². The van der Waals surface area contributed by atoms with E-state index in [9.17, 15) is 4.79 Å². The minimum absolute atomic E-state index is 0.0238. The van der Waals surface area contributed by atoms with Crippen molar-refractivity contribution in [2.75, 3.05) is 0 Å². The molecule has 1 unspecified atom stereocenters. The maximum absolute atomic E-state index is 11.1. The lowest BCUT2D eigenvalue weighted by molar-refractivity contribution is -0.121. The van der Waals surface area contributed by atoms with Crippen LogP contribution in [0.1, 0.15) is 18.9 Å². The van der Waals surface area contributed by atoms with Gasteiger partial charge in [-0.2, -0.15) is 5.10 Å². The van der Waals surface area contributed by atoms with Crippen molar-refractivity contribution in [1.82, 2.24) is 5.43 Å². The highest BCUT2D eigenvalue weighted by atomic mass is 32.1. The van der Waals surface area contributed by atoms with Crippen LogP contribution in [0.3, 0.4) is 0 Å². The highest BCUT2D eigenvalue weighted by molar-refractivity contribution is 7.80. The SMILES string of the molecule is CC1CC(=O)NN=C1C=Cc1ccccc1S. The number of hydrogen-bond donors (Lipinski definition) is 2. The minimum Gasteiger partial charge on any atom is -0.273 e. The molecule has 1 aliphatic rings. The van der Waals surface area contributed by atoms with E-state index in [1.165, 1.54) is 0 Å². The summed E-state index contributed by atoms with van der Waals surface area (Å²) in [5, 5.41) is 4.04. The molecule has 3 nitrogen and oxygen atoms in total. The standard InChI is InChI=1S/C13H14N2OS/c1-9-8-13(16)15-14-11(9)7-6-10-4-2-3-5-12(10)17/h2-7,9,17H,8H2,1H3,(H,15,16). The van der Waals surface area contributed by atoms with E-state index < -0.39 is 0 Å². The predicted molar refractivity (Wildman–Crippen MR) is 72.1 cm³/mol. The van der Waals surface area contributed by atoms with E-state index in [-0.39, 0.29) is 11.8 Å². The molecule has 0 fully saturated rings. The van der Waals surface area contributed by atoms with Gasteiger partial charge in [-0.1, -0.05) is 31.2 Å². The summed E-state index contributed by atoms with van der Waals surface area (Å²) in [5.41, 5.74) is 4.43. The van der Waals surface area contributed by atoms with Gasteiger partial charge in [-0.3, -0.25) is 4.79 Å². The zero-order valence-electron chi connectivity index (χ0n) is 9.55. The van der Waals surface area contributed by atoms with Crippen molar-refractivity contribution in [3.05, 3.63) is 35.9 Å². The van der Waals surface area contributed by atoms with Crippen molar-refractivity contribution in [2.45, 2.75) is 18.2 Å². The van der Waals surface area contributed by atoms with Gasteiger partial charge in [0.15, 0.2) is 0 Å². The molecule has 0 spiro atoms. The molecule has 1 heterocycles. The second kappa shape index (κ2) is 5.19. The maximum Gasteiger partial charge on any atom is 0.240 e. The second-order valence-electron chi connectivity index (χ2n) is 4.07. The fraction of sp³-hybridized carbons (Fsp3) is 0.231. The summed E-state index contributed by atoms with van der Waals surface area (Å²) in [5.74, 6) is 0.135. The molecule has 1 aliphatic heterocycles. The molecule has 4 heteroatoms. The van der Waals surface area contributed by atoms with E-state index >= 15 is 0 Å². The quantitative estimate of drug-likeness (QED) is 0.773. The van der Waals surface area contributed by atoms with Crippen LogP contribution in [0.4, 0.5) is 0 Å². The number of benzene rings is 1. The highest BCUT2D eigenvalue weighted by Gasteiger charge is 2.17. The zero-order chi connectivity index (χ0) is 12.3. The van der Waals surface area contributed by atoms with Crippen LogP contribution < -0.4 is 5.43 Å². The molecule has 0 saturated carbocycles. The minimum atomic E-state index is -0.0238. The summed E-state index contributed by atoms with van der Waals surface area (Å²) in [7, 11) is 0. The normalized spacial score (nSPS) is 20.2. The molecular formula is C13H14N2OS. The molecule has 0 bridgehead atoms. The van der Waals surface area contributed by atoms with Gasteiger partial charge in [-0.05, 0) is 17.7 Å². The first kappa shape index (κ1) is 11.9. The van der Waals surface area contributed by atoms with Crippen molar-refractivity contribution in [2.24, 2.45) is 11.0 Å². The van der Waals surface area contributed by atoms with Crippen LogP contribution in [0.2, 0.25) is 0 Å². The van der Waals surface area contributed by atoms with E-state index in [1.54, 1.807) is 0 Å². The Balaban J connectivity index is 2.16. The fourth-order valence-corrected chi connectivity index (χ4v) is 1.91. The van der Waals surface area contributed by atoms with Crippen molar-refractivity contribution < 1.29 is 4.79 Å². The highest BCUT2D eigenvalue weighted by Crippen LogP contribution is 2.16. The topological polar surface area (TPSA) is 41.5 Å². The Morgan fingerprint density at radius 3 is 2.88 bits per heavy atom. The van der Waals surface area contributed by atoms with Crippen LogP contribution >= 0.6 is 12.6 Å². The number of carbonyl (C=O) groups is 1. The number of thiol groups is 1. The average molecular weight is 246 g/mol. The number of carbonyl (C=O) groups excluding carboxylic acids is 1. The Morgan fingerprint density at radius 1 is 1.41 bits per heavy atom. The third-order valence-corrected chi connectivity index (χ3v) is 3.08. The van der Waals surface area contributed by atoms with Gasteiger partial charge in [0.2, 0.25) is 5.91 Å². The Hall–Kier alpha value is -1.55. The van der Waals surface area contributed by atoms with Crippen molar-refractivity contribution >= 4 is 30.3 Å². The van der Waals surface area contributed by atoms with Crippen LogP contribution in [0, 0.1) is 5.92 Å². The summed E-state index contributed by atoms with van der Waals surface area (Å²) < 4.78 is 0. The summed E-state index contributed by atoms with van der Waals surface area (Å²) in [6.07, 6.45) is 4.39. The van der Waals surface area contributed by atoms with Crippen LogP contribution in [-0.4, -0.2) is 11.6 Å². The van der Waals surface area contributed by atoms with Gasteiger partial charge in [0, 0.05) is 17.2 Å². The Morgan fingerprint density at radius 2 is 2.18 bits per heavy atom. The van der Waals surface area contributed by atoms with E-state index in [4.69, 9.17) is 0 Å². The lowest BCUT2D eigenvalue weighted by Gasteiger charge is -2.16. The number of allylic oxidation sites excluding steroid dienone is 1. The maximum atomic E-state index is 11.1. The third-order valence-electron chi connectivity index (χ3n) is 2.68. The van der Waals surface area contributed by atoms with Crippen molar-refractivity contribution in [3.8, 4) is 0 Å². The zero-order valence-corrected chi connectivity index (χ0v) is 10.4. The summed E-state index contributed by atoms with van der Waals surface area (Å²) in [6.45, 7) is 1.99. The number of hydrazone groups is 1. The molecule has 17 heavy (non-hydrogen) atoms. The van der Waals surface area contributed by atoms with E-state index in [2.05, 4.69) is 23.2 Å². The second-order valence-corrected chi connectivity index (χ2v) is 4.55. The van der Waals surface area contributed by atoms with Gasteiger partial charge in [-0.15, -0.1) is 12.6 Å². The molecule has 1 aromatic rings. The summed E-state index contributed by atoms with van der Waals surface area (Å²) >= 11 is 4.37. The van der Waals surface area contributed by atoms with Crippen LogP contribution in [0.5, 0.6) is 0 Å². The van der Waals surface area contributed by atoms with Crippen LogP contribution in [0.25, 0.3) is 6.08 Å². The summed E-state index contributed by atoms with van der Waals surface area (Å²) in [4.78, 5) is 12.0. The number of nitrogens with zero attached hydrogens (tertiary/aromatic N) is 1. The predicted octanol–water partition coefficient (Wildman–Crippen LogP) is 2.50. The average Bonchev–Trinajstić information content (AvgIpc) is 2.30. The molecule has 1 atom stereocenters. The molecule has 88 valence electrons. The molecule has 0 saturated heterocycles. The first-order valence-corrected chi connectivity index (χ1v) is 5.94. The molecule has 0 aromatic heterocycles. The fourth-order valence-electron chi connectivity index (χ4n) is 1.67. The molecular weight excluding hydrogens is 232 g/mol.